The summed E-state index contributed by atoms with van der Waals surface area (Å²) in [6, 6.07) is 11.4. The van der Waals surface area contributed by atoms with E-state index in [1.165, 1.54) is 0 Å². The molecule has 18 heavy (non-hydrogen) atoms. The van der Waals surface area contributed by atoms with Gasteiger partial charge in [0.15, 0.2) is 5.65 Å². The monoisotopic (exact) mass is 238 g/mol. The van der Waals surface area contributed by atoms with Crippen LogP contribution < -0.4 is 5.73 Å². The number of hydrogen-bond acceptors (Lipinski definition) is 3. The van der Waals surface area contributed by atoms with Gasteiger partial charge in [-0.15, -0.1) is 0 Å². The second-order valence-electron chi connectivity index (χ2n) is 3.92. The summed E-state index contributed by atoms with van der Waals surface area (Å²) in [5, 5.41) is 7.57. The van der Waals surface area contributed by atoms with Crippen molar-refractivity contribution in [2.45, 2.75) is 0 Å². The molecule has 0 atom stereocenters. The third kappa shape index (κ3) is 1.62. The van der Waals surface area contributed by atoms with Crippen molar-refractivity contribution in [2.75, 3.05) is 0 Å². The Morgan fingerprint density at radius 2 is 2.00 bits per heavy atom. The van der Waals surface area contributed by atoms with Gasteiger partial charge in [0.1, 0.15) is 5.69 Å². The third-order valence-corrected chi connectivity index (χ3v) is 2.76. The summed E-state index contributed by atoms with van der Waals surface area (Å²) in [6.45, 7) is 0. The fourth-order valence-corrected chi connectivity index (χ4v) is 1.91. The minimum atomic E-state index is -0.552. The molecule has 88 valence electrons. The van der Waals surface area contributed by atoms with Crippen LogP contribution in [0.15, 0.2) is 42.6 Å². The number of pyridine rings is 1. The molecular formula is C13H10N4O. The number of nitrogens with zero attached hydrogens (tertiary/aromatic N) is 2. The van der Waals surface area contributed by atoms with Crippen LogP contribution in [0.25, 0.3) is 22.2 Å². The van der Waals surface area contributed by atoms with Gasteiger partial charge in [0.2, 0.25) is 0 Å². The van der Waals surface area contributed by atoms with Crippen LogP contribution >= 0.6 is 0 Å². The Kier molecular flexibility index (Phi) is 2.30. The van der Waals surface area contributed by atoms with Crippen molar-refractivity contribution < 1.29 is 4.79 Å². The number of nitrogens with one attached hydrogen (secondary N) is 1. The van der Waals surface area contributed by atoms with Crippen LogP contribution in [0.1, 0.15) is 10.5 Å². The van der Waals surface area contributed by atoms with E-state index in [1.807, 2.05) is 30.3 Å². The van der Waals surface area contributed by atoms with Gasteiger partial charge in [0.25, 0.3) is 5.91 Å². The zero-order valence-corrected chi connectivity index (χ0v) is 9.42. The summed E-state index contributed by atoms with van der Waals surface area (Å²) >= 11 is 0. The molecule has 2 aromatic heterocycles. The molecule has 0 spiro atoms. The van der Waals surface area contributed by atoms with E-state index >= 15 is 0 Å². The minimum Gasteiger partial charge on any atom is -0.364 e. The molecule has 0 fully saturated rings. The van der Waals surface area contributed by atoms with Gasteiger partial charge < -0.3 is 5.73 Å². The van der Waals surface area contributed by atoms with Gasteiger partial charge in [-0.3, -0.25) is 9.89 Å². The summed E-state index contributed by atoms with van der Waals surface area (Å²) < 4.78 is 0. The molecule has 0 radical (unpaired) electrons. The van der Waals surface area contributed by atoms with Crippen LogP contribution in [0.5, 0.6) is 0 Å². The van der Waals surface area contributed by atoms with Crippen molar-refractivity contribution >= 4 is 16.9 Å². The lowest BCUT2D eigenvalue weighted by molar-refractivity contribution is 0.0996. The first-order chi connectivity index (χ1) is 8.75. The highest BCUT2D eigenvalue weighted by Gasteiger charge is 2.11. The molecule has 0 aliphatic heterocycles. The molecule has 3 N–H and O–H groups in total. The number of hydrogen-bond donors (Lipinski definition) is 2. The summed E-state index contributed by atoms with van der Waals surface area (Å²) in [5.74, 6) is -0.552. The smallest absolute Gasteiger partial charge is 0.267 e. The lowest BCUT2D eigenvalue weighted by Gasteiger charge is -2.04. The number of nitrogens with two attached hydrogens (primary N) is 1. The number of fused-ring (bicyclic) bond motifs is 1. The highest BCUT2D eigenvalue weighted by atomic mass is 16.1. The van der Waals surface area contributed by atoms with Gasteiger partial charge in [0, 0.05) is 5.39 Å². The van der Waals surface area contributed by atoms with Crippen molar-refractivity contribution in [2.24, 2.45) is 5.73 Å². The molecule has 5 heteroatoms. The number of rotatable bonds is 2. The number of carbonyl (C=O) groups excluding carboxylic acids is 1. The van der Waals surface area contributed by atoms with E-state index in [0.717, 1.165) is 16.5 Å². The van der Waals surface area contributed by atoms with Crippen molar-refractivity contribution in [1.82, 2.24) is 15.2 Å². The van der Waals surface area contributed by atoms with Gasteiger partial charge in [-0.05, 0) is 17.2 Å². The van der Waals surface area contributed by atoms with Gasteiger partial charge in [0.05, 0.1) is 6.20 Å². The summed E-state index contributed by atoms with van der Waals surface area (Å²) in [6.07, 6.45) is 1.69. The summed E-state index contributed by atoms with van der Waals surface area (Å²) in [7, 11) is 0. The average molecular weight is 238 g/mol. The molecule has 0 saturated carbocycles. The van der Waals surface area contributed by atoms with Crippen molar-refractivity contribution in [3.8, 4) is 11.1 Å². The molecule has 0 bridgehead atoms. The summed E-state index contributed by atoms with van der Waals surface area (Å²) in [4.78, 5) is 15.4. The Morgan fingerprint density at radius 1 is 1.22 bits per heavy atom. The number of amides is 1. The van der Waals surface area contributed by atoms with Crippen LogP contribution in [-0.4, -0.2) is 21.1 Å². The van der Waals surface area contributed by atoms with Crippen molar-refractivity contribution in [1.29, 1.82) is 0 Å². The second kappa shape index (κ2) is 3.96. The van der Waals surface area contributed by atoms with E-state index in [2.05, 4.69) is 15.2 Å². The fraction of sp³-hybridized carbons (Fsp3) is 0. The molecule has 0 unspecified atom stereocenters. The second-order valence-corrected chi connectivity index (χ2v) is 3.92. The van der Waals surface area contributed by atoms with Gasteiger partial charge >= 0.3 is 0 Å². The third-order valence-electron chi connectivity index (χ3n) is 2.76. The predicted molar refractivity (Wildman–Crippen MR) is 67.8 cm³/mol. The normalized spacial score (nSPS) is 10.7. The summed E-state index contributed by atoms with van der Waals surface area (Å²) in [5.41, 5.74) is 7.96. The van der Waals surface area contributed by atoms with Crippen LogP contribution in [0.4, 0.5) is 0 Å². The molecule has 1 amide bonds. The average Bonchev–Trinajstić information content (AvgIpc) is 2.86. The number of benzene rings is 1. The first kappa shape index (κ1) is 10.5. The van der Waals surface area contributed by atoms with Crippen LogP contribution in [0, 0.1) is 0 Å². The highest BCUT2D eigenvalue weighted by molar-refractivity contribution is 5.99. The molecule has 0 saturated heterocycles. The van der Waals surface area contributed by atoms with Crippen LogP contribution in [-0.2, 0) is 0 Å². The van der Waals surface area contributed by atoms with Crippen molar-refractivity contribution in [3.05, 3.63) is 48.3 Å². The van der Waals surface area contributed by atoms with E-state index in [4.69, 9.17) is 5.73 Å². The molecule has 0 aliphatic carbocycles. The number of aromatic amines is 1. The zero-order chi connectivity index (χ0) is 12.5. The molecule has 5 nitrogen and oxygen atoms in total. The first-order valence-corrected chi connectivity index (χ1v) is 5.45. The number of carbonyl (C=O) groups is 1. The molecule has 3 rings (SSSR count). The topological polar surface area (TPSA) is 84.7 Å². The Labute approximate surface area is 103 Å². The Bertz CT molecular complexity index is 718. The number of aromatic nitrogens is 3. The molecule has 3 aromatic rings. The highest BCUT2D eigenvalue weighted by Crippen LogP contribution is 2.27. The predicted octanol–water partition coefficient (Wildman–Crippen LogP) is 1.72. The van der Waals surface area contributed by atoms with Crippen LogP contribution in [0.3, 0.4) is 0 Å². The van der Waals surface area contributed by atoms with Crippen LogP contribution in [0.2, 0.25) is 0 Å². The lowest BCUT2D eigenvalue weighted by atomic mass is 10.0. The maximum absolute atomic E-state index is 11.3. The Morgan fingerprint density at radius 3 is 2.72 bits per heavy atom. The van der Waals surface area contributed by atoms with Gasteiger partial charge in [-0.25, -0.2) is 4.98 Å². The van der Waals surface area contributed by atoms with Gasteiger partial charge in [-0.1, -0.05) is 30.3 Å². The van der Waals surface area contributed by atoms with E-state index in [9.17, 15) is 4.79 Å². The quantitative estimate of drug-likeness (QED) is 0.712. The molecule has 1 aromatic carbocycles. The van der Waals surface area contributed by atoms with E-state index in [-0.39, 0.29) is 5.69 Å². The van der Waals surface area contributed by atoms with Crippen molar-refractivity contribution in [3.63, 3.8) is 0 Å². The fourth-order valence-electron chi connectivity index (χ4n) is 1.91. The van der Waals surface area contributed by atoms with E-state index < -0.39 is 5.91 Å². The zero-order valence-electron chi connectivity index (χ0n) is 9.42. The Hall–Kier alpha value is -2.69. The molecule has 0 aliphatic rings. The maximum atomic E-state index is 11.3. The number of H-pyrrole nitrogens is 1. The lowest BCUT2D eigenvalue weighted by Crippen LogP contribution is -2.13. The van der Waals surface area contributed by atoms with Gasteiger partial charge in [-0.2, -0.15) is 5.10 Å². The standard InChI is InChI=1S/C13H10N4O/c14-12(18)11-6-9(8-4-2-1-3-5-8)10-7-15-17-13(10)16-11/h1-7H,(H2,14,18)(H,15,16,17). The SMILES string of the molecule is NC(=O)c1cc(-c2ccccc2)c2cn[nH]c2n1. The first-order valence-electron chi connectivity index (χ1n) is 5.45. The molecular weight excluding hydrogens is 228 g/mol. The molecule has 2 heterocycles. The minimum absolute atomic E-state index is 0.227. The van der Waals surface area contributed by atoms with E-state index in [1.54, 1.807) is 12.3 Å². The maximum Gasteiger partial charge on any atom is 0.267 e. The largest absolute Gasteiger partial charge is 0.364 e. The number of primary amides is 1. The van der Waals surface area contributed by atoms with E-state index in [0.29, 0.717) is 5.65 Å². The Balaban J connectivity index is 2.33.